The van der Waals surface area contributed by atoms with Gasteiger partial charge in [0.1, 0.15) is 0 Å². The standard InChI is InChI=1S/C16H17BrN4O2/c17-13-3-1-12(2-4-13)11-16(22)18-14-5-6-15(20-19-14)21-7-9-23-10-8-21/h1-6H,7-11H2,(H,18,19,22). The van der Waals surface area contributed by atoms with Crippen molar-refractivity contribution >= 4 is 33.5 Å². The van der Waals surface area contributed by atoms with Crippen LogP contribution >= 0.6 is 15.9 Å². The lowest BCUT2D eigenvalue weighted by molar-refractivity contribution is -0.115. The molecular weight excluding hydrogens is 360 g/mol. The van der Waals surface area contributed by atoms with Gasteiger partial charge in [0.25, 0.3) is 0 Å². The lowest BCUT2D eigenvalue weighted by Crippen LogP contribution is -2.36. The lowest BCUT2D eigenvalue weighted by Gasteiger charge is -2.27. The van der Waals surface area contributed by atoms with E-state index in [9.17, 15) is 4.79 Å². The fourth-order valence-electron chi connectivity index (χ4n) is 2.33. The number of hydrogen-bond acceptors (Lipinski definition) is 5. The number of amides is 1. The highest BCUT2D eigenvalue weighted by Gasteiger charge is 2.13. The van der Waals surface area contributed by atoms with Crippen molar-refractivity contribution in [2.75, 3.05) is 36.5 Å². The van der Waals surface area contributed by atoms with E-state index in [1.165, 1.54) is 0 Å². The molecule has 7 heteroatoms. The Kier molecular flexibility index (Phi) is 5.19. The molecule has 23 heavy (non-hydrogen) atoms. The number of nitrogens with one attached hydrogen (secondary N) is 1. The van der Waals surface area contributed by atoms with E-state index in [1.807, 2.05) is 30.3 Å². The number of aromatic nitrogens is 2. The second kappa shape index (κ2) is 7.52. The fraction of sp³-hybridized carbons (Fsp3) is 0.312. The zero-order valence-electron chi connectivity index (χ0n) is 12.5. The van der Waals surface area contributed by atoms with Crippen LogP contribution in [0.15, 0.2) is 40.9 Å². The monoisotopic (exact) mass is 376 g/mol. The first-order valence-electron chi connectivity index (χ1n) is 7.41. The van der Waals surface area contributed by atoms with Gasteiger partial charge in [0, 0.05) is 17.6 Å². The van der Waals surface area contributed by atoms with Crippen LogP contribution in [0.5, 0.6) is 0 Å². The van der Waals surface area contributed by atoms with Crippen LogP contribution in [0.1, 0.15) is 5.56 Å². The van der Waals surface area contributed by atoms with Gasteiger partial charge in [-0.25, -0.2) is 0 Å². The maximum absolute atomic E-state index is 12.0. The second-order valence-corrected chi connectivity index (χ2v) is 6.14. The molecule has 1 aliphatic rings. The summed E-state index contributed by atoms with van der Waals surface area (Å²) < 4.78 is 6.30. The van der Waals surface area contributed by atoms with Crippen LogP contribution < -0.4 is 10.2 Å². The predicted molar refractivity (Wildman–Crippen MR) is 91.5 cm³/mol. The predicted octanol–water partition coefficient (Wildman–Crippen LogP) is 2.26. The molecule has 0 atom stereocenters. The Bertz CT molecular complexity index is 655. The average Bonchev–Trinajstić information content (AvgIpc) is 2.58. The number of benzene rings is 1. The third-order valence-corrected chi connectivity index (χ3v) is 4.06. The molecule has 1 aromatic heterocycles. The Labute approximate surface area is 143 Å². The SMILES string of the molecule is O=C(Cc1ccc(Br)cc1)Nc1ccc(N2CCOCC2)nn1. The summed E-state index contributed by atoms with van der Waals surface area (Å²) in [5.74, 6) is 1.16. The van der Waals surface area contributed by atoms with Gasteiger partial charge in [-0.1, -0.05) is 28.1 Å². The van der Waals surface area contributed by atoms with Crippen LogP contribution in [-0.4, -0.2) is 42.4 Å². The number of ether oxygens (including phenoxy) is 1. The largest absolute Gasteiger partial charge is 0.378 e. The van der Waals surface area contributed by atoms with Crippen molar-refractivity contribution in [2.24, 2.45) is 0 Å². The van der Waals surface area contributed by atoms with Gasteiger partial charge >= 0.3 is 0 Å². The number of carbonyl (C=O) groups excluding carboxylic acids is 1. The Morgan fingerprint density at radius 1 is 1.13 bits per heavy atom. The Hall–Kier alpha value is -1.99. The molecule has 6 nitrogen and oxygen atoms in total. The first-order valence-corrected chi connectivity index (χ1v) is 8.21. The maximum atomic E-state index is 12.0. The first kappa shape index (κ1) is 15.9. The van der Waals surface area contributed by atoms with E-state index in [0.29, 0.717) is 25.5 Å². The molecule has 0 unspecified atom stereocenters. The summed E-state index contributed by atoms with van der Waals surface area (Å²) >= 11 is 3.37. The van der Waals surface area contributed by atoms with E-state index < -0.39 is 0 Å². The highest BCUT2D eigenvalue weighted by Crippen LogP contribution is 2.14. The summed E-state index contributed by atoms with van der Waals surface area (Å²) in [6.45, 7) is 3.02. The van der Waals surface area contributed by atoms with Gasteiger partial charge in [0.15, 0.2) is 11.6 Å². The topological polar surface area (TPSA) is 67.4 Å². The van der Waals surface area contributed by atoms with E-state index in [1.54, 1.807) is 6.07 Å². The van der Waals surface area contributed by atoms with Crippen LogP contribution in [0, 0.1) is 0 Å². The number of anilines is 2. The van der Waals surface area contributed by atoms with Gasteiger partial charge in [0.05, 0.1) is 19.6 Å². The van der Waals surface area contributed by atoms with Crippen LogP contribution in [0.25, 0.3) is 0 Å². The second-order valence-electron chi connectivity index (χ2n) is 5.23. The molecule has 0 saturated carbocycles. The molecule has 1 aliphatic heterocycles. The smallest absolute Gasteiger partial charge is 0.229 e. The molecule has 0 aliphatic carbocycles. The number of carbonyl (C=O) groups is 1. The number of morpholine rings is 1. The third-order valence-electron chi connectivity index (χ3n) is 3.53. The Morgan fingerprint density at radius 2 is 1.87 bits per heavy atom. The van der Waals surface area contributed by atoms with Gasteiger partial charge in [-0.05, 0) is 29.8 Å². The highest BCUT2D eigenvalue weighted by molar-refractivity contribution is 9.10. The van der Waals surface area contributed by atoms with Crippen molar-refractivity contribution < 1.29 is 9.53 Å². The molecule has 3 rings (SSSR count). The zero-order chi connectivity index (χ0) is 16.1. The van der Waals surface area contributed by atoms with Gasteiger partial charge < -0.3 is 15.0 Å². The molecule has 1 fully saturated rings. The van der Waals surface area contributed by atoms with Crippen molar-refractivity contribution in [3.05, 3.63) is 46.4 Å². The maximum Gasteiger partial charge on any atom is 0.229 e. The molecule has 120 valence electrons. The molecular formula is C16H17BrN4O2. The zero-order valence-corrected chi connectivity index (χ0v) is 14.1. The van der Waals surface area contributed by atoms with Gasteiger partial charge in [0.2, 0.25) is 5.91 Å². The van der Waals surface area contributed by atoms with Crippen molar-refractivity contribution in [1.82, 2.24) is 10.2 Å². The summed E-state index contributed by atoms with van der Waals surface area (Å²) in [5.41, 5.74) is 0.948. The molecule has 1 N–H and O–H groups in total. The Morgan fingerprint density at radius 3 is 2.52 bits per heavy atom. The minimum atomic E-state index is -0.110. The van der Waals surface area contributed by atoms with Crippen molar-refractivity contribution in [3.63, 3.8) is 0 Å². The van der Waals surface area contributed by atoms with Crippen molar-refractivity contribution in [2.45, 2.75) is 6.42 Å². The van der Waals surface area contributed by atoms with Crippen molar-refractivity contribution in [1.29, 1.82) is 0 Å². The van der Waals surface area contributed by atoms with E-state index >= 15 is 0 Å². The average molecular weight is 377 g/mol. The summed E-state index contributed by atoms with van der Waals surface area (Å²) in [7, 11) is 0. The Balaban J connectivity index is 1.57. The number of rotatable bonds is 4. The van der Waals surface area contributed by atoms with Crippen molar-refractivity contribution in [3.8, 4) is 0 Å². The minimum absolute atomic E-state index is 0.110. The van der Waals surface area contributed by atoms with Gasteiger partial charge in [-0.2, -0.15) is 0 Å². The van der Waals surface area contributed by atoms with Crippen LogP contribution in [0.4, 0.5) is 11.6 Å². The van der Waals surface area contributed by atoms with E-state index in [-0.39, 0.29) is 5.91 Å². The number of halogens is 1. The highest BCUT2D eigenvalue weighted by atomic mass is 79.9. The summed E-state index contributed by atoms with van der Waals surface area (Å²) in [5, 5.41) is 11.0. The molecule has 1 saturated heterocycles. The summed E-state index contributed by atoms with van der Waals surface area (Å²) in [6, 6.07) is 11.3. The van der Waals surface area contributed by atoms with E-state index in [0.717, 1.165) is 28.9 Å². The first-order chi connectivity index (χ1) is 11.2. The lowest BCUT2D eigenvalue weighted by atomic mass is 10.1. The molecule has 0 bridgehead atoms. The summed E-state index contributed by atoms with van der Waals surface area (Å²) in [4.78, 5) is 14.2. The quantitative estimate of drug-likeness (QED) is 0.886. The van der Waals surface area contributed by atoms with Crippen LogP contribution in [0.3, 0.4) is 0 Å². The molecule has 0 radical (unpaired) electrons. The number of nitrogens with zero attached hydrogens (tertiary/aromatic N) is 3. The van der Waals surface area contributed by atoms with E-state index in [2.05, 4.69) is 36.3 Å². The fourth-order valence-corrected chi connectivity index (χ4v) is 2.59. The molecule has 1 aromatic carbocycles. The van der Waals surface area contributed by atoms with Gasteiger partial charge in [-0.3, -0.25) is 4.79 Å². The summed E-state index contributed by atoms with van der Waals surface area (Å²) in [6.07, 6.45) is 0.306. The van der Waals surface area contributed by atoms with Gasteiger partial charge in [-0.15, -0.1) is 10.2 Å². The number of hydrogen-bond donors (Lipinski definition) is 1. The van der Waals surface area contributed by atoms with Crippen LogP contribution in [-0.2, 0) is 16.0 Å². The van der Waals surface area contributed by atoms with Crippen LogP contribution in [0.2, 0.25) is 0 Å². The third kappa shape index (κ3) is 4.49. The van der Waals surface area contributed by atoms with E-state index in [4.69, 9.17) is 4.74 Å². The molecule has 1 amide bonds. The molecule has 2 heterocycles. The molecule has 0 spiro atoms. The molecule has 2 aromatic rings. The minimum Gasteiger partial charge on any atom is -0.378 e. The normalized spacial score (nSPS) is 14.6.